The number of nitrogens with zero attached hydrogens (tertiary/aromatic N) is 2. The summed E-state index contributed by atoms with van der Waals surface area (Å²) in [5.74, 6) is 0. The van der Waals surface area contributed by atoms with Gasteiger partial charge in [0.15, 0.2) is 0 Å². The summed E-state index contributed by atoms with van der Waals surface area (Å²) < 4.78 is 0. The molecule has 0 N–H and O–H groups in total. The maximum absolute atomic E-state index is 6.21. The van der Waals surface area contributed by atoms with E-state index in [4.69, 9.17) is 34.8 Å². The van der Waals surface area contributed by atoms with E-state index in [-0.39, 0.29) is 0 Å². The molecule has 2 rings (SSSR count). The summed E-state index contributed by atoms with van der Waals surface area (Å²) in [4.78, 5) is 4.68. The molecule has 5 heteroatoms. The van der Waals surface area contributed by atoms with Crippen LogP contribution in [0.4, 0.5) is 5.69 Å². The highest BCUT2D eigenvalue weighted by Crippen LogP contribution is 2.34. The van der Waals surface area contributed by atoms with Gasteiger partial charge in [0.1, 0.15) is 0 Å². The third-order valence-corrected chi connectivity index (χ3v) is 4.17. The van der Waals surface area contributed by atoms with E-state index in [1.54, 1.807) is 6.07 Å². The van der Waals surface area contributed by atoms with Crippen molar-refractivity contribution in [2.75, 3.05) is 37.6 Å². The van der Waals surface area contributed by atoms with Crippen molar-refractivity contribution in [1.82, 2.24) is 4.90 Å². The Hall–Kier alpha value is -0.150. The molecule has 1 aliphatic heterocycles. The largest absolute Gasteiger partial charge is 0.368 e. The van der Waals surface area contributed by atoms with Crippen molar-refractivity contribution in [2.24, 2.45) is 0 Å². The topological polar surface area (TPSA) is 6.48 Å². The molecule has 0 saturated carbocycles. The maximum Gasteiger partial charge on any atom is 0.0655 e. The van der Waals surface area contributed by atoms with Crippen LogP contribution in [0.3, 0.4) is 0 Å². The van der Waals surface area contributed by atoms with E-state index in [1.807, 2.05) is 6.07 Å². The quantitative estimate of drug-likeness (QED) is 0.766. The molecule has 2 nitrogen and oxygen atoms in total. The van der Waals surface area contributed by atoms with Crippen LogP contribution in [-0.4, -0.2) is 37.6 Å². The lowest BCUT2D eigenvalue weighted by atomic mass is 10.2. The Labute approximate surface area is 117 Å². The fourth-order valence-corrected chi connectivity index (χ4v) is 2.72. The predicted molar refractivity (Wildman–Crippen MR) is 75.8 cm³/mol. The van der Waals surface area contributed by atoms with E-state index >= 15 is 0 Å². The average molecular weight is 294 g/mol. The number of likely N-dealkylation sites (N-methyl/N-ethyl adjacent to an activating group) is 1. The summed E-state index contributed by atoms with van der Waals surface area (Å²) >= 11 is 18.2. The Kier molecular flexibility index (Phi) is 4.42. The zero-order valence-corrected chi connectivity index (χ0v) is 12.0. The normalized spacial score (nSPS) is 17.5. The van der Waals surface area contributed by atoms with Crippen LogP contribution in [0.15, 0.2) is 12.1 Å². The maximum atomic E-state index is 6.21. The first-order valence-corrected chi connectivity index (χ1v) is 6.87. The van der Waals surface area contributed by atoms with Crippen LogP contribution in [0, 0.1) is 0 Å². The summed E-state index contributed by atoms with van der Waals surface area (Å²) in [6, 6.07) is 3.57. The molecule has 1 aromatic rings. The Balaban J connectivity index is 2.16. The van der Waals surface area contributed by atoms with Gasteiger partial charge in [0.25, 0.3) is 0 Å². The molecule has 0 unspecified atom stereocenters. The minimum absolute atomic E-state index is 0.507. The van der Waals surface area contributed by atoms with Gasteiger partial charge in [0, 0.05) is 26.2 Å². The molecular formula is C12H15Cl3N2. The van der Waals surface area contributed by atoms with Gasteiger partial charge in [-0.05, 0) is 18.7 Å². The first-order valence-electron chi connectivity index (χ1n) is 5.73. The van der Waals surface area contributed by atoms with Crippen LogP contribution in [0.25, 0.3) is 0 Å². The van der Waals surface area contributed by atoms with Gasteiger partial charge in [-0.2, -0.15) is 0 Å². The molecule has 0 spiro atoms. The van der Waals surface area contributed by atoms with Crippen LogP contribution in [0.5, 0.6) is 0 Å². The Bertz CT molecular complexity index is 401. The second-order valence-electron chi connectivity index (χ2n) is 4.14. The van der Waals surface area contributed by atoms with Crippen LogP contribution < -0.4 is 4.90 Å². The summed E-state index contributed by atoms with van der Waals surface area (Å²) in [6.45, 7) is 7.36. The van der Waals surface area contributed by atoms with E-state index < -0.39 is 0 Å². The molecular weight excluding hydrogens is 279 g/mol. The molecule has 0 aliphatic carbocycles. The highest BCUT2D eigenvalue weighted by molar-refractivity contribution is 6.44. The molecule has 0 amide bonds. The monoisotopic (exact) mass is 292 g/mol. The molecule has 1 saturated heterocycles. The van der Waals surface area contributed by atoms with E-state index in [2.05, 4.69) is 16.7 Å². The molecule has 94 valence electrons. The number of benzene rings is 1. The number of halogens is 3. The average Bonchev–Trinajstić information content (AvgIpc) is 2.34. The number of hydrogen-bond acceptors (Lipinski definition) is 2. The molecule has 0 aromatic heterocycles. The van der Waals surface area contributed by atoms with Crippen LogP contribution >= 0.6 is 34.8 Å². The molecule has 0 bridgehead atoms. The SMILES string of the molecule is CCN1CCN(c2cc(Cl)c(Cl)cc2Cl)CC1. The van der Waals surface area contributed by atoms with Gasteiger partial charge < -0.3 is 9.80 Å². The number of piperazine rings is 1. The van der Waals surface area contributed by atoms with Crippen LogP contribution in [-0.2, 0) is 0 Å². The van der Waals surface area contributed by atoms with Gasteiger partial charge >= 0.3 is 0 Å². The standard InChI is InChI=1S/C12H15Cl3N2/c1-2-16-3-5-17(6-4-16)12-8-10(14)9(13)7-11(12)15/h7-8H,2-6H2,1H3. The fraction of sp³-hybridized carbons (Fsp3) is 0.500. The van der Waals surface area contributed by atoms with E-state index in [9.17, 15) is 0 Å². The van der Waals surface area contributed by atoms with Crippen molar-refractivity contribution in [1.29, 1.82) is 0 Å². The number of anilines is 1. The lowest BCUT2D eigenvalue weighted by Crippen LogP contribution is -2.46. The summed E-state index contributed by atoms with van der Waals surface area (Å²) in [6.07, 6.45) is 0. The van der Waals surface area contributed by atoms with Crippen molar-refractivity contribution < 1.29 is 0 Å². The zero-order chi connectivity index (χ0) is 12.4. The minimum atomic E-state index is 0.507. The van der Waals surface area contributed by atoms with Crippen molar-refractivity contribution in [3.05, 3.63) is 27.2 Å². The summed E-state index contributed by atoms with van der Waals surface area (Å²) in [7, 11) is 0. The predicted octanol–water partition coefficient (Wildman–Crippen LogP) is 3.79. The number of hydrogen-bond donors (Lipinski definition) is 0. The fourth-order valence-electron chi connectivity index (χ4n) is 2.06. The molecule has 1 fully saturated rings. The van der Waals surface area contributed by atoms with Crippen LogP contribution in [0.1, 0.15) is 6.92 Å². The third-order valence-electron chi connectivity index (χ3n) is 3.15. The van der Waals surface area contributed by atoms with E-state index in [0.29, 0.717) is 15.1 Å². The van der Waals surface area contributed by atoms with E-state index in [1.165, 1.54) is 0 Å². The Morgan fingerprint density at radius 3 is 2.12 bits per heavy atom. The molecule has 1 aliphatic rings. The second kappa shape index (κ2) is 5.66. The molecule has 17 heavy (non-hydrogen) atoms. The molecule has 1 aromatic carbocycles. The van der Waals surface area contributed by atoms with Crippen molar-refractivity contribution in [2.45, 2.75) is 6.92 Å². The Morgan fingerprint density at radius 1 is 0.941 bits per heavy atom. The van der Waals surface area contributed by atoms with Gasteiger partial charge in [0.05, 0.1) is 20.8 Å². The van der Waals surface area contributed by atoms with Gasteiger partial charge in [0.2, 0.25) is 0 Å². The molecule has 1 heterocycles. The lowest BCUT2D eigenvalue weighted by Gasteiger charge is -2.36. The molecule has 0 atom stereocenters. The summed E-state index contributed by atoms with van der Waals surface area (Å²) in [5.41, 5.74) is 0.983. The molecule has 0 radical (unpaired) electrons. The second-order valence-corrected chi connectivity index (χ2v) is 5.36. The van der Waals surface area contributed by atoms with Gasteiger partial charge in [-0.15, -0.1) is 0 Å². The first kappa shape index (κ1) is 13.3. The first-order chi connectivity index (χ1) is 8.11. The number of rotatable bonds is 2. The Morgan fingerprint density at radius 2 is 1.53 bits per heavy atom. The van der Waals surface area contributed by atoms with E-state index in [0.717, 1.165) is 38.4 Å². The van der Waals surface area contributed by atoms with Crippen molar-refractivity contribution in [3.8, 4) is 0 Å². The lowest BCUT2D eigenvalue weighted by molar-refractivity contribution is 0.271. The highest BCUT2D eigenvalue weighted by Gasteiger charge is 2.18. The van der Waals surface area contributed by atoms with Crippen molar-refractivity contribution >= 4 is 40.5 Å². The van der Waals surface area contributed by atoms with Gasteiger partial charge in [-0.1, -0.05) is 41.7 Å². The van der Waals surface area contributed by atoms with Gasteiger partial charge in [-0.3, -0.25) is 0 Å². The third kappa shape index (κ3) is 3.00. The zero-order valence-electron chi connectivity index (χ0n) is 9.72. The highest BCUT2D eigenvalue weighted by atomic mass is 35.5. The van der Waals surface area contributed by atoms with Gasteiger partial charge in [-0.25, -0.2) is 0 Å². The van der Waals surface area contributed by atoms with Crippen LogP contribution in [0.2, 0.25) is 15.1 Å². The minimum Gasteiger partial charge on any atom is -0.368 e. The summed E-state index contributed by atoms with van der Waals surface area (Å²) in [5, 5.41) is 1.74. The smallest absolute Gasteiger partial charge is 0.0655 e. The van der Waals surface area contributed by atoms with Crippen molar-refractivity contribution in [3.63, 3.8) is 0 Å².